The molecule has 0 atom stereocenters. The van der Waals surface area contributed by atoms with Gasteiger partial charge in [-0.25, -0.2) is 0 Å². The molecule has 7 heteroatoms. The molecule has 20 heavy (non-hydrogen) atoms. The summed E-state index contributed by atoms with van der Waals surface area (Å²) in [5.41, 5.74) is -0.729. The summed E-state index contributed by atoms with van der Waals surface area (Å²) in [5, 5.41) is 10.5. The molecule has 3 nitrogen and oxygen atoms in total. The number of nitro groups is 1. The molecular weight excluding hydrogens is 291 g/mol. The average molecular weight is 299 g/mol. The third kappa shape index (κ3) is 3.51. The molecule has 2 aromatic carbocycles. The molecule has 0 spiro atoms. The highest BCUT2D eigenvalue weighted by Crippen LogP contribution is 2.33. The molecule has 0 saturated heterocycles. The first-order chi connectivity index (χ1) is 9.36. The van der Waals surface area contributed by atoms with Gasteiger partial charge < -0.3 is 0 Å². The van der Waals surface area contributed by atoms with Gasteiger partial charge in [-0.2, -0.15) is 13.2 Å². The molecule has 0 heterocycles. The van der Waals surface area contributed by atoms with Crippen LogP contribution in [0, 0.1) is 10.1 Å². The molecule has 0 amide bonds. The smallest absolute Gasteiger partial charge is 0.258 e. The van der Waals surface area contributed by atoms with E-state index >= 15 is 0 Å². The van der Waals surface area contributed by atoms with E-state index in [2.05, 4.69) is 0 Å². The molecule has 0 aliphatic heterocycles. The van der Waals surface area contributed by atoms with Crippen LogP contribution in [0.25, 0.3) is 0 Å². The predicted octanol–water partition coefficient (Wildman–Crippen LogP) is 4.76. The summed E-state index contributed by atoms with van der Waals surface area (Å²) in [5.74, 6) is 0. The van der Waals surface area contributed by atoms with Gasteiger partial charge in [-0.05, 0) is 36.4 Å². The summed E-state index contributed by atoms with van der Waals surface area (Å²) in [6.07, 6.45) is -4.35. The van der Waals surface area contributed by atoms with Crippen molar-refractivity contribution in [2.24, 2.45) is 0 Å². The average Bonchev–Trinajstić information content (AvgIpc) is 2.39. The fraction of sp³-hybridized carbons (Fsp3) is 0.0769. The third-order valence-electron chi connectivity index (χ3n) is 2.46. The first-order valence-electron chi connectivity index (χ1n) is 5.46. The lowest BCUT2D eigenvalue weighted by molar-refractivity contribution is -0.384. The second-order valence-corrected chi connectivity index (χ2v) is 5.02. The molecule has 0 saturated carbocycles. The summed E-state index contributed by atoms with van der Waals surface area (Å²) in [7, 11) is 0. The molecule has 0 fully saturated rings. The van der Waals surface area contributed by atoms with E-state index in [4.69, 9.17) is 0 Å². The minimum absolute atomic E-state index is 0.0261. The van der Waals surface area contributed by atoms with Gasteiger partial charge in [-0.1, -0.05) is 11.8 Å². The van der Waals surface area contributed by atoms with Crippen LogP contribution < -0.4 is 0 Å². The van der Waals surface area contributed by atoms with Crippen LogP contribution in [-0.2, 0) is 6.18 Å². The van der Waals surface area contributed by atoms with Crippen molar-refractivity contribution in [3.63, 3.8) is 0 Å². The zero-order valence-corrected chi connectivity index (χ0v) is 10.7. The monoisotopic (exact) mass is 299 g/mol. The van der Waals surface area contributed by atoms with Crippen LogP contribution in [0.1, 0.15) is 5.56 Å². The minimum Gasteiger partial charge on any atom is -0.258 e. The van der Waals surface area contributed by atoms with Gasteiger partial charge in [0.05, 0.1) is 10.5 Å². The molecule has 2 rings (SSSR count). The number of halogens is 3. The zero-order chi connectivity index (χ0) is 14.8. The zero-order valence-electron chi connectivity index (χ0n) is 9.92. The molecule has 0 aliphatic rings. The van der Waals surface area contributed by atoms with Gasteiger partial charge in [-0.15, -0.1) is 0 Å². The number of nitro benzene ring substituents is 1. The standard InChI is InChI=1S/C13H8F3NO2S/c14-13(15,16)9-1-5-11(6-2-9)20-12-7-3-10(4-8-12)17(18)19/h1-8H. The van der Waals surface area contributed by atoms with Crippen molar-refractivity contribution in [3.05, 3.63) is 64.2 Å². The van der Waals surface area contributed by atoms with E-state index in [0.29, 0.717) is 4.90 Å². The van der Waals surface area contributed by atoms with Gasteiger partial charge in [-0.3, -0.25) is 10.1 Å². The molecule has 0 unspecified atom stereocenters. The van der Waals surface area contributed by atoms with Crippen LogP contribution in [-0.4, -0.2) is 4.92 Å². The van der Waals surface area contributed by atoms with E-state index in [9.17, 15) is 23.3 Å². The van der Waals surface area contributed by atoms with Crippen molar-refractivity contribution in [2.75, 3.05) is 0 Å². The van der Waals surface area contributed by atoms with Gasteiger partial charge in [0.1, 0.15) is 0 Å². The van der Waals surface area contributed by atoms with Gasteiger partial charge in [0.2, 0.25) is 0 Å². The number of hydrogen-bond donors (Lipinski definition) is 0. The highest BCUT2D eigenvalue weighted by molar-refractivity contribution is 7.99. The molecule has 0 radical (unpaired) electrons. The number of hydrogen-bond acceptors (Lipinski definition) is 3. The number of nitrogens with zero attached hydrogens (tertiary/aromatic N) is 1. The number of non-ortho nitro benzene ring substituents is 1. The highest BCUT2D eigenvalue weighted by Gasteiger charge is 2.29. The van der Waals surface area contributed by atoms with Crippen LogP contribution in [0.15, 0.2) is 58.3 Å². The lowest BCUT2D eigenvalue weighted by Crippen LogP contribution is -2.03. The van der Waals surface area contributed by atoms with Crippen LogP contribution >= 0.6 is 11.8 Å². The van der Waals surface area contributed by atoms with Crippen molar-refractivity contribution in [3.8, 4) is 0 Å². The summed E-state index contributed by atoms with van der Waals surface area (Å²) >= 11 is 1.24. The van der Waals surface area contributed by atoms with E-state index in [0.717, 1.165) is 17.0 Å². The number of alkyl halides is 3. The van der Waals surface area contributed by atoms with Crippen molar-refractivity contribution in [2.45, 2.75) is 16.0 Å². The lowest BCUT2D eigenvalue weighted by atomic mass is 10.2. The van der Waals surface area contributed by atoms with Crippen molar-refractivity contribution >= 4 is 17.4 Å². The summed E-state index contributed by atoms with van der Waals surface area (Å²) in [6.45, 7) is 0. The maximum atomic E-state index is 12.4. The SMILES string of the molecule is O=[N+]([O-])c1ccc(Sc2ccc(C(F)(F)F)cc2)cc1. The van der Waals surface area contributed by atoms with E-state index < -0.39 is 16.7 Å². The molecule has 2 aromatic rings. The van der Waals surface area contributed by atoms with E-state index in [-0.39, 0.29) is 5.69 Å². The Morgan fingerprint density at radius 2 is 1.35 bits per heavy atom. The Bertz CT molecular complexity index is 609. The maximum Gasteiger partial charge on any atom is 0.416 e. The van der Waals surface area contributed by atoms with E-state index in [1.807, 2.05) is 0 Å². The Balaban J connectivity index is 2.12. The first-order valence-corrected chi connectivity index (χ1v) is 6.27. The summed E-state index contributed by atoms with van der Waals surface area (Å²) in [4.78, 5) is 11.3. The number of benzene rings is 2. The quantitative estimate of drug-likeness (QED) is 0.606. The fourth-order valence-electron chi connectivity index (χ4n) is 1.48. The van der Waals surface area contributed by atoms with Gasteiger partial charge in [0.15, 0.2) is 0 Å². The predicted molar refractivity (Wildman–Crippen MR) is 68.7 cm³/mol. The molecule has 104 valence electrons. The van der Waals surface area contributed by atoms with Crippen molar-refractivity contribution < 1.29 is 18.1 Å². The van der Waals surface area contributed by atoms with E-state index in [1.54, 1.807) is 12.1 Å². The van der Waals surface area contributed by atoms with Gasteiger partial charge in [0, 0.05) is 21.9 Å². The summed E-state index contributed by atoms with van der Waals surface area (Å²) in [6, 6.07) is 10.6. The van der Waals surface area contributed by atoms with Crippen molar-refractivity contribution in [1.82, 2.24) is 0 Å². The normalized spacial score (nSPS) is 11.3. The minimum atomic E-state index is -4.35. The molecule has 0 N–H and O–H groups in total. The number of rotatable bonds is 3. The van der Waals surface area contributed by atoms with Crippen LogP contribution in [0.3, 0.4) is 0 Å². The highest BCUT2D eigenvalue weighted by atomic mass is 32.2. The second kappa shape index (κ2) is 5.54. The lowest BCUT2D eigenvalue weighted by Gasteiger charge is -2.07. The largest absolute Gasteiger partial charge is 0.416 e. The fourth-order valence-corrected chi connectivity index (χ4v) is 2.30. The Kier molecular flexibility index (Phi) is 3.99. The Labute approximate surface area is 116 Å². The van der Waals surface area contributed by atoms with Gasteiger partial charge >= 0.3 is 6.18 Å². The summed E-state index contributed by atoms with van der Waals surface area (Å²) < 4.78 is 37.2. The Hall–Kier alpha value is -2.02. The van der Waals surface area contributed by atoms with Crippen LogP contribution in [0.2, 0.25) is 0 Å². The Morgan fingerprint density at radius 3 is 1.75 bits per heavy atom. The topological polar surface area (TPSA) is 43.1 Å². The third-order valence-corrected chi connectivity index (χ3v) is 3.48. The molecular formula is C13H8F3NO2S. The first kappa shape index (κ1) is 14.4. The van der Waals surface area contributed by atoms with Crippen LogP contribution in [0.5, 0.6) is 0 Å². The molecule has 0 bridgehead atoms. The van der Waals surface area contributed by atoms with Gasteiger partial charge in [0.25, 0.3) is 5.69 Å². The van der Waals surface area contributed by atoms with E-state index in [1.165, 1.54) is 36.0 Å². The van der Waals surface area contributed by atoms with Crippen LogP contribution in [0.4, 0.5) is 18.9 Å². The van der Waals surface area contributed by atoms with Crippen molar-refractivity contribution in [1.29, 1.82) is 0 Å². The molecule has 0 aromatic heterocycles. The Morgan fingerprint density at radius 1 is 0.900 bits per heavy atom. The molecule has 0 aliphatic carbocycles. The maximum absolute atomic E-state index is 12.4. The second-order valence-electron chi connectivity index (χ2n) is 3.88.